The normalized spacial score (nSPS) is 19.4. The molecular weight excluding hydrogens is 297 g/mol. The minimum Gasteiger partial charge on any atom is -0.357 e. The van der Waals surface area contributed by atoms with Crippen LogP contribution in [0.5, 0.6) is 0 Å². The van der Waals surface area contributed by atoms with Gasteiger partial charge in [0.1, 0.15) is 5.69 Å². The fourth-order valence-corrected chi connectivity index (χ4v) is 2.74. The van der Waals surface area contributed by atoms with Crippen LogP contribution in [0.15, 0.2) is 24.4 Å². The van der Waals surface area contributed by atoms with E-state index in [1.807, 2.05) is 0 Å². The third-order valence-electron chi connectivity index (χ3n) is 3.86. The van der Waals surface area contributed by atoms with E-state index in [-0.39, 0.29) is 11.8 Å². The van der Waals surface area contributed by atoms with Gasteiger partial charge >= 0.3 is 6.18 Å². The van der Waals surface area contributed by atoms with Crippen LogP contribution in [0, 0.1) is 0 Å². The van der Waals surface area contributed by atoms with Gasteiger partial charge in [0.15, 0.2) is 5.69 Å². The number of amides is 1. The number of halogens is 3. The van der Waals surface area contributed by atoms with Gasteiger partial charge in [0, 0.05) is 30.9 Å². The maximum Gasteiger partial charge on any atom is 0.435 e. The number of hydrogen-bond donors (Lipinski definition) is 2. The molecule has 1 aliphatic heterocycles. The number of aromatic amines is 2. The molecule has 2 N–H and O–H groups in total. The van der Waals surface area contributed by atoms with Crippen molar-refractivity contribution in [3.63, 3.8) is 0 Å². The summed E-state index contributed by atoms with van der Waals surface area (Å²) in [7, 11) is 0. The Kier molecular flexibility index (Phi) is 3.67. The van der Waals surface area contributed by atoms with Gasteiger partial charge in [-0.15, -0.1) is 0 Å². The number of piperidine rings is 1. The summed E-state index contributed by atoms with van der Waals surface area (Å²) < 4.78 is 37.8. The molecule has 0 spiro atoms. The van der Waals surface area contributed by atoms with Gasteiger partial charge in [-0.3, -0.25) is 9.89 Å². The lowest BCUT2D eigenvalue weighted by Gasteiger charge is -2.32. The Hall–Kier alpha value is -2.25. The van der Waals surface area contributed by atoms with Crippen LogP contribution in [0.25, 0.3) is 0 Å². The Morgan fingerprint density at radius 1 is 1.41 bits per heavy atom. The predicted molar refractivity (Wildman–Crippen MR) is 72.3 cm³/mol. The Morgan fingerprint density at radius 2 is 2.23 bits per heavy atom. The SMILES string of the molecule is O=C(c1ccc[nH]1)N1CCC[C@@H](c2cc(C(F)(F)F)n[nH]2)C1. The van der Waals surface area contributed by atoms with Crippen molar-refractivity contribution in [2.75, 3.05) is 13.1 Å². The first kappa shape index (κ1) is 14.7. The van der Waals surface area contributed by atoms with E-state index < -0.39 is 11.9 Å². The van der Waals surface area contributed by atoms with Crippen molar-refractivity contribution in [2.45, 2.75) is 24.9 Å². The van der Waals surface area contributed by atoms with E-state index in [0.717, 1.165) is 18.9 Å². The van der Waals surface area contributed by atoms with Gasteiger partial charge in [-0.05, 0) is 31.0 Å². The highest BCUT2D eigenvalue weighted by molar-refractivity contribution is 5.92. The Balaban J connectivity index is 1.73. The number of nitrogens with zero attached hydrogens (tertiary/aromatic N) is 2. The number of alkyl halides is 3. The number of carbonyl (C=O) groups excluding carboxylic acids is 1. The molecule has 8 heteroatoms. The summed E-state index contributed by atoms with van der Waals surface area (Å²) >= 11 is 0. The molecule has 0 radical (unpaired) electrons. The highest BCUT2D eigenvalue weighted by atomic mass is 19.4. The molecule has 3 heterocycles. The molecule has 1 atom stereocenters. The zero-order chi connectivity index (χ0) is 15.7. The fourth-order valence-electron chi connectivity index (χ4n) is 2.74. The second-order valence-corrected chi connectivity index (χ2v) is 5.38. The topological polar surface area (TPSA) is 64.8 Å². The molecule has 0 bridgehead atoms. The number of H-pyrrole nitrogens is 2. The van der Waals surface area contributed by atoms with Gasteiger partial charge in [0.2, 0.25) is 0 Å². The van der Waals surface area contributed by atoms with Crippen LogP contribution in [-0.2, 0) is 6.18 Å². The summed E-state index contributed by atoms with van der Waals surface area (Å²) in [6.07, 6.45) is -1.31. The second kappa shape index (κ2) is 5.51. The number of rotatable bonds is 2. The van der Waals surface area contributed by atoms with Crippen LogP contribution >= 0.6 is 0 Å². The third kappa shape index (κ3) is 2.86. The zero-order valence-electron chi connectivity index (χ0n) is 11.7. The number of carbonyl (C=O) groups is 1. The van der Waals surface area contributed by atoms with Crippen molar-refractivity contribution in [3.05, 3.63) is 41.5 Å². The predicted octanol–water partition coefficient (Wildman–Crippen LogP) is 2.78. The van der Waals surface area contributed by atoms with Crippen molar-refractivity contribution >= 4 is 5.91 Å². The van der Waals surface area contributed by atoms with Crippen molar-refractivity contribution in [1.29, 1.82) is 0 Å². The van der Waals surface area contributed by atoms with E-state index in [1.54, 1.807) is 23.2 Å². The van der Waals surface area contributed by atoms with Gasteiger partial charge in [-0.2, -0.15) is 18.3 Å². The molecular formula is C14H15F3N4O. The number of hydrogen-bond acceptors (Lipinski definition) is 2. The molecule has 1 aliphatic rings. The highest BCUT2D eigenvalue weighted by Crippen LogP contribution is 2.32. The van der Waals surface area contributed by atoms with Crippen molar-refractivity contribution in [3.8, 4) is 0 Å². The molecule has 22 heavy (non-hydrogen) atoms. The second-order valence-electron chi connectivity index (χ2n) is 5.38. The van der Waals surface area contributed by atoms with E-state index in [9.17, 15) is 18.0 Å². The summed E-state index contributed by atoms with van der Waals surface area (Å²) in [5, 5.41) is 5.78. The monoisotopic (exact) mass is 312 g/mol. The van der Waals surface area contributed by atoms with Gasteiger partial charge in [0.25, 0.3) is 5.91 Å². The van der Waals surface area contributed by atoms with Crippen LogP contribution in [0.3, 0.4) is 0 Å². The lowest BCUT2D eigenvalue weighted by Crippen LogP contribution is -2.39. The van der Waals surface area contributed by atoms with E-state index >= 15 is 0 Å². The molecule has 118 valence electrons. The first-order valence-corrected chi connectivity index (χ1v) is 7.00. The van der Waals surface area contributed by atoms with Crippen LogP contribution in [0.1, 0.15) is 40.6 Å². The summed E-state index contributed by atoms with van der Waals surface area (Å²) in [4.78, 5) is 16.8. The molecule has 1 amide bonds. The summed E-state index contributed by atoms with van der Waals surface area (Å²) in [6, 6.07) is 4.45. The minimum absolute atomic E-state index is 0.134. The van der Waals surface area contributed by atoms with Crippen LogP contribution in [0.2, 0.25) is 0 Å². The molecule has 2 aromatic heterocycles. The maximum atomic E-state index is 12.6. The molecule has 0 aromatic carbocycles. The highest BCUT2D eigenvalue weighted by Gasteiger charge is 2.35. The first-order chi connectivity index (χ1) is 10.4. The molecule has 5 nitrogen and oxygen atoms in total. The lowest BCUT2D eigenvalue weighted by molar-refractivity contribution is -0.141. The van der Waals surface area contributed by atoms with Crippen LogP contribution in [0.4, 0.5) is 13.2 Å². The summed E-state index contributed by atoms with van der Waals surface area (Å²) in [5.74, 6) is -0.290. The van der Waals surface area contributed by atoms with E-state index in [1.165, 1.54) is 0 Å². The molecule has 2 aromatic rings. The average Bonchev–Trinajstić information content (AvgIpc) is 3.17. The van der Waals surface area contributed by atoms with Gasteiger partial charge in [-0.1, -0.05) is 0 Å². The maximum absolute atomic E-state index is 12.6. The molecule has 3 rings (SSSR count). The lowest BCUT2D eigenvalue weighted by atomic mass is 9.94. The molecule has 0 aliphatic carbocycles. The third-order valence-corrected chi connectivity index (χ3v) is 3.86. The van der Waals surface area contributed by atoms with Crippen LogP contribution < -0.4 is 0 Å². The quantitative estimate of drug-likeness (QED) is 0.895. The van der Waals surface area contributed by atoms with Crippen molar-refractivity contribution in [2.24, 2.45) is 0 Å². The largest absolute Gasteiger partial charge is 0.435 e. The van der Waals surface area contributed by atoms with Crippen molar-refractivity contribution in [1.82, 2.24) is 20.1 Å². The average molecular weight is 312 g/mol. The minimum atomic E-state index is -4.46. The van der Waals surface area contributed by atoms with Crippen molar-refractivity contribution < 1.29 is 18.0 Å². The molecule has 1 saturated heterocycles. The number of nitrogens with one attached hydrogen (secondary N) is 2. The molecule has 0 saturated carbocycles. The van der Waals surface area contributed by atoms with Crippen LogP contribution in [-0.4, -0.2) is 39.1 Å². The smallest absolute Gasteiger partial charge is 0.357 e. The number of aromatic nitrogens is 3. The van der Waals surface area contributed by atoms with Gasteiger partial charge < -0.3 is 9.88 Å². The summed E-state index contributed by atoms with van der Waals surface area (Å²) in [5.41, 5.74) is -0.00660. The molecule has 1 fully saturated rings. The van der Waals surface area contributed by atoms with Gasteiger partial charge in [0.05, 0.1) is 0 Å². The Labute approximate surface area is 124 Å². The Morgan fingerprint density at radius 3 is 2.86 bits per heavy atom. The van der Waals surface area contributed by atoms with E-state index in [0.29, 0.717) is 24.5 Å². The Bertz CT molecular complexity index is 647. The van der Waals surface area contributed by atoms with E-state index in [4.69, 9.17) is 0 Å². The van der Waals surface area contributed by atoms with E-state index in [2.05, 4.69) is 15.2 Å². The first-order valence-electron chi connectivity index (χ1n) is 7.00. The standard InChI is InChI=1S/C14H15F3N4O/c15-14(16,17)12-7-11(19-20-12)9-3-2-6-21(8-9)13(22)10-4-1-5-18-10/h1,4-5,7,9,18H,2-3,6,8H2,(H,19,20)/t9-/m1/s1. The zero-order valence-corrected chi connectivity index (χ0v) is 11.7. The van der Waals surface area contributed by atoms with Gasteiger partial charge in [-0.25, -0.2) is 0 Å². The summed E-state index contributed by atoms with van der Waals surface area (Å²) in [6.45, 7) is 0.992. The molecule has 0 unspecified atom stereocenters. The fraction of sp³-hybridized carbons (Fsp3) is 0.429. The number of likely N-dealkylation sites (tertiary alicyclic amines) is 1.